The van der Waals surface area contributed by atoms with Gasteiger partial charge in [0.25, 0.3) is 5.91 Å². The zero-order chi connectivity index (χ0) is 16.9. The highest BCUT2D eigenvalue weighted by Crippen LogP contribution is 2.15. The maximum atomic E-state index is 12.3. The fourth-order valence-electron chi connectivity index (χ4n) is 1.95. The summed E-state index contributed by atoms with van der Waals surface area (Å²) in [6.07, 6.45) is 1.93. The predicted octanol–water partition coefficient (Wildman–Crippen LogP) is 1.37. The van der Waals surface area contributed by atoms with Gasteiger partial charge in [-0.1, -0.05) is 6.92 Å². The number of hydrogen-bond donors (Lipinski definition) is 1. The molecule has 0 aliphatic heterocycles. The van der Waals surface area contributed by atoms with Gasteiger partial charge in [0, 0.05) is 25.8 Å². The molecule has 1 unspecified atom stereocenters. The Morgan fingerprint density at radius 1 is 1.27 bits per heavy atom. The molecule has 1 aromatic rings. The van der Waals surface area contributed by atoms with Crippen LogP contribution in [0.4, 0.5) is 0 Å². The first kappa shape index (κ1) is 17.7. The van der Waals surface area contributed by atoms with Gasteiger partial charge in [0.05, 0.1) is 6.33 Å². The molecule has 0 aliphatic rings. The third-order valence-electron chi connectivity index (χ3n) is 3.45. The minimum absolute atomic E-state index is 0.0152. The number of aromatic nitrogens is 2. The van der Waals surface area contributed by atoms with Crippen LogP contribution in [0, 0.1) is 5.92 Å². The van der Waals surface area contributed by atoms with Gasteiger partial charge in [0.15, 0.2) is 5.78 Å². The van der Waals surface area contributed by atoms with Crippen molar-refractivity contribution in [3.05, 3.63) is 17.7 Å². The van der Waals surface area contributed by atoms with Crippen molar-refractivity contribution in [1.82, 2.24) is 14.9 Å². The van der Waals surface area contributed by atoms with Crippen molar-refractivity contribution in [2.24, 2.45) is 5.92 Å². The molecular formula is C15H21N3O4. The number of imide groups is 1. The lowest BCUT2D eigenvalue weighted by atomic mass is 9.98. The summed E-state index contributed by atoms with van der Waals surface area (Å²) in [7, 11) is 0. The van der Waals surface area contributed by atoms with E-state index in [1.54, 1.807) is 13.8 Å². The Balaban J connectivity index is 2.97. The number of hydrogen-bond acceptors (Lipinski definition) is 5. The first-order chi connectivity index (χ1) is 10.3. The topological polar surface area (TPSA) is 98.1 Å². The third kappa shape index (κ3) is 4.34. The smallest absolute Gasteiger partial charge is 0.276 e. The molecular weight excluding hydrogens is 286 g/mol. The lowest BCUT2D eigenvalue weighted by molar-refractivity contribution is -0.120. The van der Waals surface area contributed by atoms with Crippen LogP contribution in [0.25, 0.3) is 0 Å². The molecule has 0 saturated carbocycles. The molecule has 1 aromatic heterocycles. The number of nitrogens with one attached hydrogen (secondary N) is 1. The molecule has 1 atom stereocenters. The molecule has 7 heteroatoms. The highest BCUT2D eigenvalue weighted by Gasteiger charge is 2.24. The number of nitrogens with zero attached hydrogens (tertiary/aromatic N) is 2. The fraction of sp³-hybridized carbons (Fsp3) is 0.533. The van der Waals surface area contributed by atoms with Crippen molar-refractivity contribution in [3.63, 3.8) is 0 Å². The Bertz CT molecular complexity index is 604. The van der Waals surface area contributed by atoms with E-state index < -0.39 is 11.8 Å². The molecule has 0 aromatic carbocycles. The van der Waals surface area contributed by atoms with Crippen LogP contribution in [0.15, 0.2) is 6.33 Å². The number of rotatable bonds is 7. The molecule has 0 radical (unpaired) electrons. The van der Waals surface area contributed by atoms with Gasteiger partial charge < -0.3 is 4.57 Å². The third-order valence-corrected chi connectivity index (χ3v) is 3.45. The normalized spacial score (nSPS) is 11.8. The number of carbonyl (C=O) groups is 4. The Morgan fingerprint density at radius 2 is 1.91 bits per heavy atom. The largest absolute Gasteiger partial charge is 0.326 e. The van der Waals surface area contributed by atoms with Crippen LogP contribution in [-0.2, 0) is 16.1 Å². The van der Waals surface area contributed by atoms with Crippen molar-refractivity contribution < 1.29 is 19.2 Å². The molecule has 1 N–H and O–H groups in total. The van der Waals surface area contributed by atoms with E-state index >= 15 is 0 Å². The van der Waals surface area contributed by atoms with Gasteiger partial charge >= 0.3 is 0 Å². The molecule has 1 rings (SSSR count). The summed E-state index contributed by atoms with van der Waals surface area (Å²) in [5.74, 6) is -1.66. The van der Waals surface area contributed by atoms with Crippen molar-refractivity contribution >= 4 is 23.4 Å². The van der Waals surface area contributed by atoms with E-state index in [1.807, 2.05) is 0 Å². The molecule has 0 aliphatic carbocycles. The summed E-state index contributed by atoms with van der Waals surface area (Å²) in [6, 6.07) is 0. The summed E-state index contributed by atoms with van der Waals surface area (Å²) >= 11 is 0. The molecule has 0 bridgehead atoms. The van der Waals surface area contributed by atoms with Crippen molar-refractivity contribution in [2.75, 3.05) is 0 Å². The minimum atomic E-state index is -0.644. The zero-order valence-electron chi connectivity index (χ0n) is 13.3. The molecule has 22 heavy (non-hydrogen) atoms. The molecule has 7 nitrogen and oxygen atoms in total. The number of imidazole rings is 1. The van der Waals surface area contributed by atoms with E-state index in [9.17, 15) is 19.2 Å². The second-order valence-electron chi connectivity index (χ2n) is 5.21. The lowest BCUT2D eigenvalue weighted by Gasteiger charge is -2.08. The van der Waals surface area contributed by atoms with E-state index in [2.05, 4.69) is 10.3 Å². The van der Waals surface area contributed by atoms with Crippen LogP contribution in [0.1, 0.15) is 61.5 Å². The number of Topliss-reactive ketones (excluding diaryl/α,β-unsaturated/α-hetero) is 2. The first-order valence-corrected chi connectivity index (χ1v) is 7.18. The second kappa shape index (κ2) is 7.63. The van der Waals surface area contributed by atoms with Crippen LogP contribution in [-0.4, -0.2) is 32.9 Å². The van der Waals surface area contributed by atoms with Gasteiger partial charge in [-0.25, -0.2) is 4.98 Å². The van der Waals surface area contributed by atoms with Gasteiger partial charge in [0.2, 0.25) is 5.91 Å². The highest BCUT2D eigenvalue weighted by atomic mass is 16.2. The Labute approximate surface area is 129 Å². The molecule has 0 spiro atoms. The van der Waals surface area contributed by atoms with Crippen LogP contribution in [0.2, 0.25) is 0 Å². The van der Waals surface area contributed by atoms with E-state index in [4.69, 9.17) is 0 Å². The van der Waals surface area contributed by atoms with Crippen molar-refractivity contribution in [3.8, 4) is 0 Å². The number of amides is 2. The van der Waals surface area contributed by atoms with Gasteiger partial charge in [-0.15, -0.1) is 0 Å². The lowest BCUT2D eigenvalue weighted by Crippen LogP contribution is -2.31. The van der Waals surface area contributed by atoms with Crippen molar-refractivity contribution in [2.45, 2.75) is 47.1 Å². The minimum Gasteiger partial charge on any atom is -0.326 e. The SMILES string of the molecule is CCn1cnc(C(=O)CCC(C)C(C)=O)c1C(=O)NC(C)=O. The van der Waals surface area contributed by atoms with E-state index in [-0.39, 0.29) is 35.3 Å². The van der Waals surface area contributed by atoms with Crippen molar-refractivity contribution in [1.29, 1.82) is 0 Å². The second-order valence-corrected chi connectivity index (χ2v) is 5.21. The molecule has 2 amide bonds. The summed E-state index contributed by atoms with van der Waals surface area (Å²) in [6.45, 7) is 6.71. The van der Waals surface area contributed by atoms with E-state index in [1.165, 1.54) is 24.7 Å². The number of aryl methyl sites for hydroxylation is 1. The standard InChI is InChI=1S/C15H21N3O4/c1-5-18-8-16-13(14(18)15(22)17-11(4)20)12(21)7-6-9(2)10(3)19/h8-9H,5-7H2,1-4H3,(H,17,20,22). The average molecular weight is 307 g/mol. The van der Waals surface area contributed by atoms with Crippen LogP contribution in [0.3, 0.4) is 0 Å². The zero-order valence-corrected chi connectivity index (χ0v) is 13.3. The molecule has 120 valence electrons. The summed E-state index contributed by atoms with van der Waals surface area (Å²) in [4.78, 5) is 50.6. The number of carbonyl (C=O) groups excluding carboxylic acids is 4. The van der Waals surface area contributed by atoms with Gasteiger partial charge in [-0.2, -0.15) is 0 Å². The van der Waals surface area contributed by atoms with Gasteiger partial charge in [-0.3, -0.25) is 24.5 Å². The summed E-state index contributed by atoms with van der Waals surface area (Å²) < 4.78 is 1.51. The quantitative estimate of drug-likeness (QED) is 0.767. The Kier molecular flexibility index (Phi) is 6.15. The summed E-state index contributed by atoms with van der Waals surface area (Å²) in [5.41, 5.74) is 0.120. The van der Waals surface area contributed by atoms with Crippen LogP contribution < -0.4 is 5.32 Å². The van der Waals surface area contributed by atoms with E-state index in [0.29, 0.717) is 13.0 Å². The predicted molar refractivity (Wildman–Crippen MR) is 79.5 cm³/mol. The fourth-order valence-corrected chi connectivity index (χ4v) is 1.95. The Morgan fingerprint density at radius 3 is 2.41 bits per heavy atom. The molecule has 0 saturated heterocycles. The Hall–Kier alpha value is -2.31. The van der Waals surface area contributed by atoms with Crippen LogP contribution in [0.5, 0.6) is 0 Å². The summed E-state index contributed by atoms with van der Waals surface area (Å²) in [5, 5.41) is 2.15. The maximum Gasteiger partial charge on any atom is 0.276 e. The molecule has 1 heterocycles. The number of ketones is 2. The highest BCUT2D eigenvalue weighted by molar-refractivity contribution is 6.10. The molecule has 0 fully saturated rings. The van der Waals surface area contributed by atoms with Crippen LogP contribution >= 0.6 is 0 Å². The monoisotopic (exact) mass is 307 g/mol. The average Bonchev–Trinajstić information content (AvgIpc) is 2.87. The van der Waals surface area contributed by atoms with Gasteiger partial charge in [-0.05, 0) is 20.3 Å². The van der Waals surface area contributed by atoms with Gasteiger partial charge in [0.1, 0.15) is 17.2 Å². The maximum absolute atomic E-state index is 12.3. The first-order valence-electron chi connectivity index (χ1n) is 7.18. The van der Waals surface area contributed by atoms with E-state index in [0.717, 1.165) is 0 Å².